The van der Waals surface area contributed by atoms with E-state index >= 15 is 0 Å². The number of carboxylic acids is 1. The Balaban J connectivity index is 2.33. The highest BCUT2D eigenvalue weighted by atomic mass is 32.2. The third-order valence-electron chi connectivity index (χ3n) is 4.08. The van der Waals surface area contributed by atoms with Gasteiger partial charge in [0.1, 0.15) is 5.82 Å². The minimum absolute atomic E-state index is 0.115. The zero-order valence-corrected chi connectivity index (χ0v) is 15.3. The van der Waals surface area contributed by atoms with Gasteiger partial charge in [0.15, 0.2) is 0 Å². The molecule has 1 atom stereocenters. The predicted octanol–water partition coefficient (Wildman–Crippen LogP) is 0.568. The number of hydrogen-bond donors (Lipinski definition) is 1. The fraction of sp³-hybridized carbons (Fsp3) is 0.500. The SMILES string of the molecule is CN(C)S(=O)(=O)C1CCCN(S(=O)(=O)c2ccc(C(=O)O)c(F)c2)C1. The second kappa shape index (κ2) is 6.98. The monoisotopic (exact) mass is 394 g/mol. The number of aromatic carboxylic acids is 1. The smallest absolute Gasteiger partial charge is 0.338 e. The van der Waals surface area contributed by atoms with Gasteiger partial charge in [0.2, 0.25) is 20.0 Å². The standard InChI is InChI=1S/C14H19FN2O6S2/c1-16(2)24(20,21)11-4-3-7-17(9-11)25(22,23)10-5-6-12(14(18)19)13(15)8-10/h5-6,8,11H,3-4,7,9H2,1-2H3,(H,18,19). The van der Waals surface area contributed by atoms with Crippen molar-refractivity contribution >= 4 is 26.0 Å². The highest BCUT2D eigenvalue weighted by Gasteiger charge is 2.37. The molecule has 1 aliphatic heterocycles. The lowest BCUT2D eigenvalue weighted by Gasteiger charge is -2.32. The highest BCUT2D eigenvalue weighted by Crippen LogP contribution is 2.25. The number of nitrogens with zero attached hydrogens (tertiary/aromatic N) is 2. The van der Waals surface area contributed by atoms with Gasteiger partial charge in [-0.2, -0.15) is 4.31 Å². The molecule has 1 aliphatic rings. The summed E-state index contributed by atoms with van der Waals surface area (Å²) >= 11 is 0. The second-order valence-electron chi connectivity index (χ2n) is 5.90. The van der Waals surface area contributed by atoms with Crippen molar-refractivity contribution in [1.82, 2.24) is 8.61 Å². The Hall–Kier alpha value is -1.56. The van der Waals surface area contributed by atoms with E-state index in [0.717, 1.165) is 20.7 Å². The topological polar surface area (TPSA) is 112 Å². The molecule has 0 bridgehead atoms. The van der Waals surface area contributed by atoms with Gasteiger partial charge in [-0.3, -0.25) is 0 Å². The molecule has 0 saturated carbocycles. The van der Waals surface area contributed by atoms with Gasteiger partial charge in [-0.05, 0) is 31.0 Å². The molecule has 0 aromatic heterocycles. The molecule has 0 amide bonds. The van der Waals surface area contributed by atoms with Crippen molar-refractivity contribution in [1.29, 1.82) is 0 Å². The summed E-state index contributed by atoms with van der Waals surface area (Å²) in [6.45, 7) is -0.116. The molecule has 1 aromatic carbocycles. The van der Waals surface area contributed by atoms with Gasteiger partial charge in [0, 0.05) is 27.2 Å². The van der Waals surface area contributed by atoms with Crippen molar-refractivity contribution in [3.8, 4) is 0 Å². The van der Waals surface area contributed by atoms with Crippen molar-refractivity contribution in [2.75, 3.05) is 27.2 Å². The molecule has 2 rings (SSSR count). The van der Waals surface area contributed by atoms with Crippen molar-refractivity contribution in [2.45, 2.75) is 23.0 Å². The van der Waals surface area contributed by atoms with Crippen LogP contribution >= 0.6 is 0 Å². The number of carboxylic acid groups (broad SMARTS) is 1. The third-order valence-corrected chi connectivity index (χ3v) is 8.19. The van der Waals surface area contributed by atoms with Crippen molar-refractivity contribution in [3.05, 3.63) is 29.6 Å². The lowest BCUT2D eigenvalue weighted by Crippen LogP contribution is -2.48. The fourth-order valence-corrected chi connectivity index (χ4v) is 5.70. The molecule has 0 aliphatic carbocycles. The van der Waals surface area contributed by atoms with Gasteiger partial charge in [-0.15, -0.1) is 0 Å². The summed E-state index contributed by atoms with van der Waals surface area (Å²) in [7, 11) is -5.00. The number of halogens is 1. The largest absolute Gasteiger partial charge is 0.478 e. The molecular weight excluding hydrogens is 375 g/mol. The van der Waals surface area contributed by atoms with Crippen LogP contribution in [0.15, 0.2) is 23.1 Å². The van der Waals surface area contributed by atoms with Crippen LogP contribution in [-0.2, 0) is 20.0 Å². The van der Waals surface area contributed by atoms with Crippen molar-refractivity contribution in [3.63, 3.8) is 0 Å². The van der Waals surface area contributed by atoms with Crippen LogP contribution in [0.3, 0.4) is 0 Å². The Kier molecular flexibility index (Phi) is 5.52. The van der Waals surface area contributed by atoms with E-state index in [0.29, 0.717) is 18.9 Å². The molecule has 25 heavy (non-hydrogen) atoms. The average Bonchev–Trinajstić information content (AvgIpc) is 2.54. The Labute approximate surface area is 146 Å². The average molecular weight is 394 g/mol. The third kappa shape index (κ3) is 3.84. The van der Waals surface area contributed by atoms with Gasteiger partial charge in [0.05, 0.1) is 15.7 Å². The van der Waals surface area contributed by atoms with Crippen LogP contribution in [0.25, 0.3) is 0 Å². The van der Waals surface area contributed by atoms with E-state index in [9.17, 15) is 26.0 Å². The lowest BCUT2D eigenvalue weighted by atomic mass is 10.2. The van der Waals surface area contributed by atoms with Gasteiger partial charge in [0.25, 0.3) is 0 Å². The quantitative estimate of drug-likeness (QED) is 0.781. The maximum atomic E-state index is 13.8. The first kappa shape index (κ1) is 19.8. The van der Waals surface area contributed by atoms with E-state index in [1.807, 2.05) is 0 Å². The minimum atomic E-state index is -4.13. The van der Waals surface area contributed by atoms with Crippen molar-refractivity contribution < 1.29 is 31.1 Å². The van der Waals surface area contributed by atoms with Gasteiger partial charge < -0.3 is 5.11 Å². The maximum Gasteiger partial charge on any atom is 0.338 e. The first-order chi connectivity index (χ1) is 11.5. The van der Waals surface area contributed by atoms with E-state index in [2.05, 4.69) is 0 Å². The lowest BCUT2D eigenvalue weighted by molar-refractivity contribution is 0.0691. The van der Waals surface area contributed by atoms with Crippen LogP contribution in [0.4, 0.5) is 4.39 Å². The number of rotatable bonds is 5. The summed E-state index contributed by atoms with van der Waals surface area (Å²) in [4.78, 5) is 10.4. The molecule has 1 saturated heterocycles. The molecule has 140 valence electrons. The van der Waals surface area contributed by atoms with Crippen LogP contribution in [-0.4, -0.2) is 69.0 Å². The zero-order valence-electron chi connectivity index (χ0n) is 13.7. The second-order valence-corrected chi connectivity index (χ2v) is 10.3. The van der Waals surface area contributed by atoms with E-state index in [-0.39, 0.29) is 13.1 Å². The number of benzene rings is 1. The summed E-state index contributed by atoms with van der Waals surface area (Å²) in [6, 6.07) is 2.53. The summed E-state index contributed by atoms with van der Waals surface area (Å²) in [6.07, 6.45) is 0.686. The van der Waals surface area contributed by atoms with Crippen LogP contribution in [0, 0.1) is 5.82 Å². The molecule has 0 radical (unpaired) electrons. The summed E-state index contributed by atoms with van der Waals surface area (Å²) < 4.78 is 65.7. The van der Waals surface area contributed by atoms with Crippen LogP contribution < -0.4 is 0 Å². The van der Waals surface area contributed by atoms with Crippen LogP contribution in [0.1, 0.15) is 23.2 Å². The van der Waals surface area contributed by atoms with Crippen LogP contribution in [0.5, 0.6) is 0 Å². The highest BCUT2D eigenvalue weighted by molar-refractivity contribution is 7.90. The molecule has 8 nitrogen and oxygen atoms in total. The fourth-order valence-electron chi connectivity index (χ4n) is 2.64. The van der Waals surface area contributed by atoms with E-state index in [4.69, 9.17) is 5.11 Å². The van der Waals surface area contributed by atoms with E-state index < -0.39 is 47.5 Å². The molecule has 0 spiro atoms. The normalized spacial score (nSPS) is 19.9. The molecular formula is C14H19FN2O6S2. The molecule has 1 heterocycles. The van der Waals surface area contributed by atoms with Crippen LogP contribution in [0.2, 0.25) is 0 Å². The first-order valence-electron chi connectivity index (χ1n) is 7.42. The molecule has 1 aromatic rings. The van der Waals surface area contributed by atoms with Crippen molar-refractivity contribution in [2.24, 2.45) is 0 Å². The number of sulfonamides is 2. The summed E-state index contributed by atoms with van der Waals surface area (Å²) in [5.74, 6) is -2.67. The van der Waals surface area contributed by atoms with E-state index in [1.54, 1.807) is 0 Å². The molecule has 1 unspecified atom stereocenters. The summed E-state index contributed by atoms with van der Waals surface area (Å²) in [5.41, 5.74) is -0.634. The molecule has 1 N–H and O–H groups in total. The molecule has 11 heteroatoms. The minimum Gasteiger partial charge on any atom is -0.478 e. The number of piperidine rings is 1. The number of hydrogen-bond acceptors (Lipinski definition) is 5. The first-order valence-corrected chi connectivity index (χ1v) is 10.4. The van der Waals surface area contributed by atoms with Gasteiger partial charge >= 0.3 is 5.97 Å². The van der Waals surface area contributed by atoms with Gasteiger partial charge in [-0.25, -0.2) is 30.3 Å². The van der Waals surface area contributed by atoms with Gasteiger partial charge in [-0.1, -0.05) is 0 Å². The Morgan fingerprint density at radius 1 is 1.28 bits per heavy atom. The number of carbonyl (C=O) groups is 1. The zero-order chi connectivity index (χ0) is 19.0. The Bertz CT molecular complexity index is 883. The molecule has 1 fully saturated rings. The summed E-state index contributed by atoms with van der Waals surface area (Å²) in [5, 5.41) is 7.93. The maximum absolute atomic E-state index is 13.8. The Morgan fingerprint density at radius 2 is 1.92 bits per heavy atom. The van der Waals surface area contributed by atoms with E-state index in [1.165, 1.54) is 14.1 Å². The predicted molar refractivity (Wildman–Crippen MR) is 87.7 cm³/mol. The Morgan fingerprint density at radius 3 is 2.44 bits per heavy atom.